The number of methoxy groups -OCH3 is 1. The Morgan fingerprint density at radius 2 is 1.84 bits per heavy atom. The van der Waals surface area contributed by atoms with Crippen LogP contribution >= 0.6 is 0 Å². The minimum atomic E-state index is -0.591. The average molecular weight is 341 g/mol. The number of carbonyl (C=O) groups excluding carboxylic acids is 1. The van der Waals surface area contributed by atoms with Crippen molar-refractivity contribution in [3.8, 4) is 11.5 Å². The zero-order valence-electron chi connectivity index (χ0n) is 15.6. The summed E-state index contributed by atoms with van der Waals surface area (Å²) >= 11 is 0. The van der Waals surface area contributed by atoms with E-state index in [1.54, 1.807) is 20.1 Å². The third-order valence-corrected chi connectivity index (χ3v) is 4.25. The van der Waals surface area contributed by atoms with E-state index in [0.29, 0.717) is 11.5 Å². The number of nitrogens with one attached hydrogen (secondary N) is 1. The van der Waals surface area contributed by atoms with Crippen molar-refractivity contribution < 1.29 is 14.3 Å². The molecular weight excluding hydrogens is 314 g/mol. The molecule has 0 radical (unpaired) electrons. The fourth-order valence-electron chi connectivity index (χ4n) is 2.84. The number of ether oxygens (including phenoxy) is 2. The molecular formula is C21H27NO3. The van der Waals surface area contributed by atoms with Crippen LogP contribution in [0.2, 0.25) is 0 Å². The molecule has 25 heavy (non-hydrogen) atoms. The van der Waals surface area contributed by atoms with E-state index in [4.69, 9.17) is 9.47 Å². The molecule has 2 atom stereocenters. The molecule has 0 saturated carbocycles. The quantitative estimate of drug-likeness (QED) is 0.814. The van der Waals surface area contributed by atoms with E-state index in [0.717, 1.165) is 12.0 Å². The number of aryl methyl sites for hydroxylation is 2. The summed E-state index contributed by atoms with van der Waals surface area (Å²) < 4.78 is 10.9. The molecule has 1 amide bonds. The van der Waals surface area contributed by atoms with Gasteiger partial charge >= 0.3 is 0 Å². The molecule has 0 bridgehead atoms. The smallest absolute Gasteiger partial charge is 0.261 e. The van der Waals surface area contributed by atoms with Crippen molar-refractivity contribution in [2.75, 3.05) is 7.11 Å². The first-order valence-corrected chi connectivity index (χ1v) is 8.62. The highest BCUT2D eigenvalue weighted by molar-refractivity contribution is 5.81. The van der Waals surface area contributed by atoms with Gasteiger partial charge in [-0.05, 0) is 50.5 Å². The number of benzene rings is 2. The minimum Gasteiger partial charge on any atom is -0.497 e. The van der Waals surface area contributed by atoms with E-state index in [2.05, 4.69) is 44.3 Å². The Morgan fingerprint density at radius 3 is 2.48 bits per heavy atom. The third-order valence-electron chi connectivity index (χ3n) is 4.25. The van der Waals surface area contributed by atoms with Crippen LogP contribution in [-0.2, 0) is 4.79 Å². The van der Waals surface area contributed by atoms with E-state index in [1.165, 1.54) is 11.1 Å². The molecule has 0 fully saturated rings. The first-order chi connectivity index (χ1) is 11.9. The molecule has 0 spiro atoms. The highest BCUT2D eigenvalue weighted by atomic mass is 16.5. The van der Waals surface area contributed by atoms with Crippen molar-refractivity contribution in [3.63, 3.8) is 0 Å². The van der Waals surface area contributed by atoms with Gasteiger partial charge in [-0.25, -0.2) is 0 Å². The molecule has 0 heterocycles. The van der Waals surface area contributed by atoms with E-state index in [-0.39, 0.29) is 11.9 Å². The molecule has 4 heteroatoms. The Labute approximate surface area is 150 Å². The summed E-state index contributed by atoms with van der Waals surface area (Å²) in [6.45, 7) is 7.97. The predicted octanol–water partition coefficient (Wildman–Crippen LogP) is 4.35. The first-order valence-electron chi connectivity index (χ1n) is 8.62. The molecule has 4 nitrogen and oxygen atoms in total. The molecule has 2 rings (SSSR count). The molecule has 2 aromatic carbocycles. The molecule has 1 N–H and O–H groups in total. The predicted molar refractivity (Wildman–Crippen MR) is 100 cm³/mol. The summed E-state index contributed by atoms with van der Waals surface area (Å²) in [6, 6.07) is 13.5. The lowest BCUT2D eigenvalue weighted by Gasteiger charge is -2.22. The van der Waals surface area contributed by atoms with Crippen molar-refractivity contribution in [2.24, 2.45) is 0 Å². The van der Waals surface area contributed by atoms with Gasteiger partial charge in [0.2, 0.25) is 0 Å². The maximum atomic E-state index is 12.6. The largest absolute Gasteiger partial charge is 0.497 e. The Balaban J connectivity index is 2.05. The normalized spacial score (nSPS) is 13.0. The number of carbonyl (C=O) groups is 1. The van der Waals surface area contributed by atoms with Crippen LogP contribution in [-0.4, -0.2) is 19.1 Å². The number of hydrogen-bond acceptors (Lipinski definition) is 3. The van der Waals surface area contributed by atoms with Gasteiger partial charge in [0.05, 0.1) is 13.2 Å². The molecule has 0 saturated heterocycles. The van der Waals surface area contributed by atoms with E-state index in [1.807, 2.05) is 18.2 Å². The summed E-state index contributed by atoms with van der Waals surface area (Å²) in [4.78, 5) is 12.6. The van der Waals surface area contributed by atoms with Crippen molar-refractivity contribution in [2.45, 2.75) is 46.3 Å². The maximum Gasteiger partial charge on any atom is 0.261 e. The topological polar surface area (TPSA) is 47.6 Å². The summed E-state index contributed by atoms with van der Waals surface area (Å²) in [6.07, 6.45) is 0.230. The van der Waals surface area contributed by atoms with E-state index in [9.17, 15) is 4.79 Å². The molecule has 134 valence electrons. The van der Waals surface area contributed by atoms with Crippen LogP contribution in [0.1, 0.15) is 43.0 Å². The Bertz CT molecular complexity index is 727. The van der Waals surface area contributed by atoms with Crippen LogP contribution in [0.25, 0.3) is 0 Å². The van der Waals surface area contributed by atoms with Crippen molar-refractivity contribution in [1.29, 1.82) is 0 Å². The van der Waals surface area contributed by atoms with Crippen molar-refractivity contribution in [1.82, 2.24) is 5.32 Å². The van der Waals surface area contributed by atoms with E-state index >= 15 is 0 Å². The Morgan fingerprint density at radius 1 is 1.12 bits per heavy atom. The van der Waals surface area contributed by atoms with Gasteiger partial charge in [-0.3, -0.25) is 4.79 Å². The van der Waals surface area contributed by atoms with Gasteiger partial charge in [0, 0.05) is 6.07 Å². The SMILES string of the molecule is CC[C@@H](NC(=O)[C@@H](C)Oc1cccc(OC)c1)c1ccc(C)cc1C. The second-order valence-electron chi connectivity index (χ2n) is 6.27. The maximum absolute atomic E-state index is 12.6. The van der Waals surface area contributed by atoms with Crippen LogP contribution in [0.15, 0.2) is 42.5 Å². The fraction of sp³-hybridized carbons (Fsp3) is 0.381. The molecule has 0 aliphatic carbocycles. The summed E-state index contributed by atoms with van der Waals surface area (Å²) in [5.74, 6) is 1.18. The summed E-state index contributed by atoms with van der Waals surface area (Å²) in [5, 5.41) is 3.10. The fourth-order valence-corrected chi connectivity index (χ4v) is 2.84. The van der Waals surface area contributed by atoms with Gasteiger partial charge in [0.1, 0.15) is 11.5 Å². The standard InChI is InChI=1S/C21H27NO3/c1-6-20(19-11-10-14(2)12-15(19)3)22-21(23)16(4)25-18-9-7-8-17(13-18)24-5/h7-13,16,20H,6H2,1-5H3,(H,22,23)/t16-,20-/m1/s1. The summed E-state index contributed by atoms with van der Waals surface area (Å²) in [7, 11) is 1.60. The van der Waals surface area contributed by atoms with Gasteiger partial charge in [-0.15, -0.1) is 0 Å². The lowest BCUT2D eigenvalue weighted by molar-refractivity contribution is -0.128. The molecule has 0 aromatic heterocycles. The lowest BCUT2D eigenvalue weighted by Crippen LogP contribution is -2.38. The molecule has 2 aromatic rings. The van der Waals surface area contributed by atoms with Gasteiger partial charge in [0.15, 0.2) is 6.10 Å². The van der Waals surface area contributed by atoms with Crippen LogP contribution in [0, 0.1) is 13.8 Å². The lowest BCUT2D eigenvalue weighted by atomic mass is 9.97. The van der Waals surface area contributed by atoms with Crippen molar-refractivity contribution >= 4 is 5.91 Å². The second kappa shape index (κ2) is 8.56. The highest BCUT2D eigenvalue weighted by Gasteiger charge is 2.20. The number of rotatable bonds is 7. The van der Waals surface area contributed by atoms with Gasteiger partial charge in [0.25, 0.3) is 5.91 Å². The second-order valence-corrected chi connectivity index (χ2v) is 6.27. The number of amides is 1. The molecule has 0 aliphatic rings. The summed E-state index contributed by atoms with van der Waals surface area (Å²) in [5.41, 5.74) is 3.56. The van der Waals surface area contributed by atoms with Crippen LogP contribution in [0.5, 0.6) is 11.5 Å². The Kier molecular flexibility index (Phi) is 6.45. The zero-order chi connectivity index (χ0) is 18.4. The zero-order valence-corrected chi connectivity index (χ0v) is 15.6. The minimum absolute atomic E-state index is 0.0236. The molecule has 0 unspecified atom stereocenters. The molecule has 0 aliphatic heterocycles. The average Bonchev–Trinajstić information content (AvgIpc) is 2.60. The Hall–Kier alpha value is -2.49. The van der Waals surface area contributed by atoms with Crippen LogP contribution in [0.3, 0.4) is 0 Å². The first kappa shape index (κ1) is 18.8. The van der Waals surface area contributed by atoms with Crippen LogP contribution in [0.4, 0.5) is 0 Å². The monoisotopic (exact) mass is 341 g/mol. The van der Waals surface area contributed by atoms with Gasteiger partial charge < -0.3 is 14.8 Å². The van der Waals surface area contributed by atoms with E-state index < -0.39 is 6.10 Å². The van der Waals surface area contributed by atoms with Gasteiger partial charge in [-0.1, -0.05) is 36.8 Å². The van der Waals surface area contributed by atoms with Crippen molar-refractivity contribution in [3.05, 3.63) is 59.2 Å². The van der Waals surface area contributed by atoms with Crippen LogP contribution < -0.4 is 14.8 Å². The third kappa shape index (κ3) is 4.99. The number of hydrogen-bond donors (Lipinski definition) is 1. The highest BCUT2D eigenvalue weighted by Crippen LogP contribution is 2.23. The van der Waals surface area contributed by atoms with Gasteiger partial charge in [-0.2, -0.15) is 0 Å².